The first-order chi connectivity index (χ1) is 13.6. The third kappa shape index (κ3) is 2.34. The molecule has 8 bridgehead atoms. The van der Waals surface area contributed by atoms with Crippen LogP contribution in [-0.2, 0) is 4.79 Å². The quantitative estimate of drug-likeness (QED) is 0.481. The molecule has 1 nitrogen and oxygen atoms in total. The maximum atomic E-state index is 14.9. The number of hydrogen-bond acceptors (Lipinski definition) is 1. The van der Waals surface area contributed by atoms with Gasteiger partial charge in [0.2, 0.25) is 0 Å². The molecule has 0 spiro atoms. The second-order valence-electron chi connectivity index (χ2n) is 12.6. The summed E-state index contributed by atoms with van der Waals surface area (Å²) in [6, 6.07) is 0. The number of Topliss-reactive ketones (excluding diaryl/α,β-unsaturated/α-hetero) is 1. The molecule has 28 heavy (non-hydrogen) atoms. The molecular formula is C27H42O. The summed E-state index contributed by atoms with van der Waals surface area (Å²) in [7, 11) is 0. The van der Waals surface area contributed by atoms with Gasteiger partial charge in [-0.05, 0) is 124 Å². The van der Waals surface area contributed by atoms with Crippen LogP contribution >= 0.6 is 0 Å². The van der Waals surface area contributed by atoms with E-state index in [2.05, 4.69) is 13.8 Å². The van der Waals surface area contributed by atoms with Gasteiger partial charge in [0.15, 0.2) is 0 Å². The first-order valence-electron chi connectivity index (χ1n) is 13.1. The summed E-state index contributed by atoms with van der Waals surface area (Å²) in [6.45, 7) is 4.74. The molecule has 8 saturated carbocycles. The Bertz CT molecular complexity index is 567. The normalized spacial score (nSPS) is 55.8. The van der Waals surface area contributed by atoms with Gasteiger partial charge in [-0.1, -0.05) is 26.7 Å². The van der Waals surface area contributed by atoms with Gasteiger partial charge in [0.05, 0.1) is 0 Å². The van der Waals surface area contributed by atoms with Gasteiger partial charge >= 0.3 is 0 Å². The predicted molar refractivity (Wildman–Crippen MR) is 114 cm³/mol. The van der Waals surface area contributed by atoms with E-state index in [1.807, 2.05) is 0 Å². The lowest BCUT2D eigenvalue weighted by atomic mass is 9.36. The SMILES string of the molecule is CCCC1C2CC3CC(C2)CC1(C(=O)C12CC4CC(CC(C4)C1CCC)C2)C3. The molecule has 0 aromatic carbocycles. The zero-order valence-electron chi connectivity index (χ0n) is 18.4. The fourth-order valence-electron chi connectivity index (χ4n) is 11.1. The Morgan fingerprint density at radius 1 is 0.643 bits per heavy atom. The van der Waals surface area contributed by atoms with Gasteiger partial charge in [0.25, 0.3) is 0 Å². The molecule has 156 valence electrons. The summed E-state index contributed by atoms with van der Waals surface area (Å²) in [5.41, 5.74) is 0.227. The topological polar surface area (TPSA) is 17.1 Å². The Morgan fingerprint density at radius 2 is 1.00 bits per heavy atom. The average Bonchev–Trinajstić information content (AvgIpc) is 2.66. The molecule has 0 aromatic rings. The summed E-state index contributed by atoms with van der Waals surface area (Å²) in [6.07, 6.45) is 19.2. The van der Waals surface area contributed by atoms with Crippen LogP contribution in [0, 0.1) is 58.2 Å². The van der Waals surface area contributed by atoms with E-state index in [1.54, 1.807) is 0 Å². The number of hydrogen-bond donors (Lipinski definition) is 0. The van der Waals surface area contributed by atoms with E-state index in [0.29, 0.717) is 0 Å². The van der Waals surface area contributed by atoms with E-state index in [1.165, 1.54) is 89.9 Å². The summed E-state index contributed by atoms with van der Waals surface area (Å²) in [4.78, 5) is 14.9. The number of carbonyl (C=O) groups excluding carboxylic acids is 1. The average molecular weight is 383 g/mol. The highest BCUT2D eigenvalue weighted by Crippen LogP contribution is 2.71. The van der Waals surface area contributed by atoms with Crippen molar-refractivity contribution < 1.29 is 4.79 Å². The molecule has 0 aromatic heterocycles. The second-order valence-corrected chi connectivity index (χ2v) is 12.6. The van der Waals surface area contributed by atoms with Crippen LogP contribution in [0.25, 0.3) is 0 Å². The van der Waals surface area contributed by atoms with Crippen LogP contribution in [0.3, 0.4) is 0 Å². The number of ketones is 1. The highest BCUT2D eigenvalue weighted by Gasteiger charge is 2.67. The Labute approximate surface area is 172 Å². The van der Waals surface area contributed by atoms with Gasteiger partial charge in [0, 0.05) is 10.8 Å². The maximum Gasteiger partial charge on any atom is 0.145 e. The van der Waals surface area contributed by atoms with E-state index >= 15 is 0 Å². The third-order valence-electron chi connectivity index (χ3n) is 11.2. The predicted octanol–water partition coefficient (Wildman–Crippen LogP) is 7.04. The molecular weight excluding hydrogens is 340 g/mol. The van der Waals surface area contributed by atoms with E-state index in [-0.39, 0.29) is 10.8 Å². The van der Waals surface area contributed by atoms with Crippen molar-refractivity contribution >= 4 is 5.78 Å². The molecule has 8 aliphatic carbocycles. The van der Waals surface area contributed by atoms with E-state index in [0.717, 1.165) is 53.1 Å². The smallest absolute Gasteiger partial charge is 0.145 e. The summed E-state index contributed by atoms with van der Waals surface area (Å²) < 4.78 is 0. The summed E-state index contributed by atoms with van der Waals surface area (Å²) >= 11 is 0. The van der Waals surface area contributed by atoms with Gasteiger partial charge in [-0.3, -0.25) is 4.79 Å². The van der Waals surface area contributed by atoms with E-state index in [4.69, 9.17) is 0 Å². The summed E-state index contributed by atoms with van der Waals surface area (Å²) in [5, 5.41) is 0. The summed E-state index contributed by atoms with van der Waals surface area (Å²) in [5.74, 6) is 7.74. The van der Waals surface area contributed by atoms with Crippen molar-refractivity contribution in [1.29, 1.82) is 0 Å². The lowest BCUT2D eigenvalue weighted by Gasteiger charge is -2.67. The first-order valence-corrected chi connectivity index (χ1v) is 13.1. The van der Waals surface area contributed by atoms with Crippen LogP contribution in [0.5, 0.6) is 0 Å². The zero-order chi connectivity index (χ0) is 19.1. The van der Waals surface area contributed by atoms with Crippen LogP contribution < -0.4 is 0 Å². The van der Waals surface area contributed by atoms with E-state index in [9.17, 15) is 4.79 Å². The lowest BCUT2D eigenvalue weighted by Crippen LogP contribution is -2.64. The Balaban J connectivity index is 1.42. The van der Waals surface area contributed by atoms with Crippen molar-refractivity contribution in [2.45, 2.75) is 104 Å². The van der Waals surface area contributed by atoms with Crippen LogP contribution in [0.15, 0.2) is 0 Å². The molecule has 0 aliphatic heterocycles. The van der Waals surface area contributed by atoms with Gasteiger partial charge in [-0.2, -0.15) is 0 Å². The van der Waals surface area contributed by atoms with Crippen LogP contribution in [-0.4, -0.2) is 5.78 Å². The van der Waals surface area contributed by atoms with Crippen molar-refractivity contribution in [3.63, 3.8) is 0 Å². The molecule has 0 heterocycles. The monoisotopic (exact) mass is 382 g/mol. The molecule has 0 saturated heterocycles. The minimum absolute atomic E-state index is 0.114. The molecule has 8 fully saturated rings. The zero-order valence-corrected chi connectivity index (χ0v) is 18.4. The lowest BCUT2D eigenvalue weighted by molar-refractivity contribution is -0.191. The first kappa shape index (κ1) is 18.4. The number of carbonyl (C=O) groups is 1. The molecule has 6 unspecified atom stereocenters. The second kappa shape index (κ2) is 6.34. The molecule has 8 aliphatic rings. The molecule has 1 heteroatoms. The van der Waals surface area contributed by atoms with Crippen molar-refractivity contribution in [3.8, 4) is 0 Å². The van der Waals surface area contributed by atoms with Crippen molar-refractivity contribution in [1.82, 2.24) is 0 Å². The van der Waals surface area contributed by atoms with E-state index < -0.39 is 0 Å². The standard InChI is InChI=1S/C27H42O/c1-3-5-23-21-9-17-7-18(10-21)14-26(23,13-17)25(28)27-15-19-8-20(16-27)12-22(11-19)24(27)6-4-2/h17-24H,3-16H2,1-2H3. The Kier molecular flexibility index (Phi) is 4.17. The third-order valence-corrected chi connectivity index (χ3v) is 11.2. The highest BCUT2D eigenvalue weighted by molar-refractivity contribution is 5.92. The fraction of sp³-hybridized carbons (Fsp3) is 0.963. The number of rotatable bonds is 6. The Morgan fingerprint density at radius 3 is 1.32 bits per heavy atom. The molecule has 8 rings (SSSR count). The van der Waals surface area contributed by atoms with Crippen molar-refractivity contribution in [2.75, 3.05) is 0 Å². The molecule has 6 atom stereocenters. The Hall–Kier alpha value is -0.330. The highest BCUT2D eigenvalue weighted by atomic mass is 16.1. The van der Waals surface area contributed by atoms with Crippen LogP contribution in [0.1, 0.15) is 104 Å². The molecule has 0 radical (unpaired) electrons. The minimum atomic E-state index is 0.114. The molecule has 0 amide bonds. The van der Waals surface area contributed by atoms with Gasteiger partial charge in [-0.15, -0.1) is 0 Å². The minimum Gasteiger partial charge on any atom is -0.298 e. The van der Waals surface area contributed by atoms with Crippen molar-refractivity contribution in [2.24, 2.45) is 58.2 Å². The largest absolute Gasteiger partial charge is 0.298 e. The van der Waals surface area contributed by atoms with Crippen LogP contribution in [0.4, 0.5) is 0 Å². The fourth-order valence-corrected chi connectivity index (χ4v) is 11.1. The maximum absolute atomic E-state index is 14.9. The van der Waals surface area contributed by atoms with Gasteiger partial charge in [0.1, 0.15) is 5.78 Å². The molecule has 0 N–H and O–H groups in total. The van der Waals surface area contributed by atoms with Gasteiger partial charge < -0.3 is 0 Å². The van der Waals surface area contributed by atoms with Crippen LogP contribution in [0.2, 0.25) is 0 Å². The van der Waals surface area contributed by atoms with Gasteiger partial charge in [-0.25, -0.2) is 0 Å². The van der Waals surface area contributed by atoms with Crippen molar-refractivity contribution in [3.05, 3.63) is 0 Å².